The van der Waals surface area contributed by atoms with Crippen molar-refractivity contribution in [2.75, 3.05) is 11.5 Å². The Morgan fingerprint density at radius 2 is 1.37 bits per heavy atom. The molecule has 150 valence electrons. The predicted molar refractivity (Wildman–Crippen MR) is 117 cm³/mol. The molecule has 0 N–H and O–H groups in total. The van der Waals surface area contributed by atoms with Gasteiger partial charge in [-0.15, -0.1) is 0 Å². The lowest BCUT2D eigenvalue weighted by molar-refractivity contribution is -0.393. The zero-order valence-electron chi connectivity index (χ0n) is 14.8. The molecule has 0 spiro atoms. The number of nitrogens with zero attached hydrogens (tertiary/aromatic N) is 3. The van der Waals surface area contributed by atoms with E-state index in [1.807, 2.05) is 0 Å². The molecule has 2 aromatic carbocycles. The van der Waals surface area contributed by atoms with Gasteiger partial charge in [-0.25, -0.2) is 0 Å². The summed E-state index contributed by atoms with van der Waals surface area (Å²) in [5.41, 5.74) is 1.29. The van der Waals surface area contributed by atoms with Gasteiger partial charge >= 0.3 is 0 Å². The van der Waals surface area contributed by atoms with Crippen LogP contribution < -0.4 is 0 Å². The molecule has 0 saturated carbocycles. The SMILES string of the molecule is O=[N+]([O-])c1ccc2c(c1)C(=C1SC3=C(CSC3)S1)c1cc([N+](=O)[O-])cc([N+](=O)[O-])c1-2. The predicted octanol–water partition coefficient (Wildman–Crippen LogP) is 5.55. The van der Waals surface area contributed by atoms with Crippen molar-refractivity contribution in [3.05, 3.63) is 85.8 Å². The summed E-state index contributed by atoms with van der Waals surface area (Å²) in [7, 11) is 0. The first-order valence-corrected chi connectivity index (χ1v) is 11.3. The maximum atomic E-state index is 11.7. The molecule has 30 heavy (non-hydrogen) atoms. The first-order chi connectivity index (χ1) is 14.3. The third-order valence-corrected chi connectivity index (χ3v) is 8.98. The molecule has 0 radical (unpaired) electrons. The Balaban J connectivity index is 1.82. The molecule has 12 heteroatoms. The monoisotopic (exact) mass is 459 g/mol. The summed E-state index contributed by atoms with van der Waals surface area (Å²) in [4.78, 5) is 35.1. The lowest BCUT2D eigenvalue weighted by Crippen LogP contribution is -1.96. The molecule has 0 saturated heterocycles. The van der Waals surface area contributed by atoms with E-state index in [9.17, 15) is 30.3 Å². The van der Waals surface area contributed by atoms with Crippen LogP contribution in [0.3, 0.4) is 0 Å². The average molecular weight is 459 g/mol. The quantitative estimate of drug-likeness (QED) is 0.365. The van der Waals surface area contributed by atoms with Crippen molar-refractivity contribution >= 4 is 57.9 Å². The molecule has 0 amide bonds. The lowest BCUT2D eigenvalue weighted by Gasteiger charge is -2.08. The number of hydrogen-bond donors (Lipinski definition) is 0. The fraction of sp³-hybridized carbons (Fsp3) is 0.111. The molecular weight excluding hydrogens is 450 g/mol. The van der Waals surface area contributed by atoms with Crippen LogP contribution in [0.1, 0.15) is 11.1 Å². The maximum Gasteiger partial charge on any atom is 0.284 e. The van der Waals surface area contributed by atoms with Gasteiger partial charge < -0.3 is 0 Å². The first-order valence-electron chi connectivity index (χ1n) is 8.51. The van der Waals surface area contributed by atoms with Crippen molar-refractivity contribution in [2.24, 2.45) is 0 Å². The summed E-state index contributed by atoms with van der Waals surface area (Å²) in [6.45, 7) is 0. The van der Waals surface area contributed by atoms with Crippen LogP contribution in [0.25, 0.3) is 16.7 Å². The molecule has 1 aliphatic carbocycles. The molecule has 0 unspecified atom stereocenters. The fourth-order valence-electron chi connectivity index (χ4n) is 3.69. The van der Waals surface area contributed by atoms with Gasteiger partial charge in [0.25, 0.3) is 17.1 Å². The Labute approximate surface area is 181 Å². The Morgan fingerprint density at radius 1 is 0.733 bits per heavy atom. The van der Waals surface area contributed by atoms with Crippen LogP contribution in [-0.4, -0.2) is 26.3 Å². The van der Waals surface area contributed by atoms with Gasteiger partial charge in [0.05, 0.1) is 30.6 Å². The fourth-order valence-corrected chi connectivity index (χ4v) is 8.15. The van der Waals surface area contributed by atoms with E-state index in [1.165, 1.54) is 34.1 Å². The van der Waals surface area contributed by atoms with Gasteiger partial charge in [-0.3, -0.25) is 30.3 Å². The van der Waals surface area contributed by atoms with Crippen LogP contribution in [0.5, 0.6) is 0 Å². The van der Waals surface area contributed by atoms with E-state index in [0.29, 0.717) is 22.3 Å². The third-order valence-electron chi connectivity index (χ3n) is 4.95. The minimum atomic E-state index is -0.662. The highest BCUT2D eigenvalue weighted by Gasteiger charge is 2.38. The minimum absolute atomic E-state index is 0.138. The highest BCUT2D eigenvalue weighted by Crippen LogP contribution is 2.61. The van der Waals surface area contributed by atoms with Crippen LogP contribution in [0.4, 0.5) is 17.1 Å². The van der Waals surface area contributed by atoms with E-state index in [0.717, 1.165) is 21.8 Å². The van der Waals surface area contributed by atoms with Crippen LogP contribution in [-0.2, 0) is 0 Å². The Hall–Kier alpha value is -2.83. The Bertz CT molecular complexity index is 1250. The summed E-state index contributed by atoms with van der Waals surface area (Å²) in [5.74, 6) is 1.74. The Morgan fingerprint density at radius 3 is 1.97 bits per heavy atom. The van der Waals surface area contributed by atoms with Gasteiger partial charge in [0.15, 0.2) is 0 Å². The third kappa shape index (κ3) is 2.82. The summed E-state index contributed by atoms with van der Waals surface area (Å²) >= 11 is 4.88. The molecule has 3 aliphatic rings. The molecule has 5 rings (SSSR count). The van der Waals surface area contributed by atoms with E-state index in [1.54, 1.807) is 35.3 Å². The number of thioether (sulfide) groups is 3. The van der Waals surface area contributed by atoms with Crippen molar-refractivity contribution in [3.8, 4) is 11.1 Å². The molecule has 0 fully saturated rings. The van der Waals surface area contributed by atoms with Crippen molar-refractivity contribution in [2.45, 2.75) is 0 Å². The van der Waals surface area contributed by atoms with E-state index in [4.69, 9.17) is 0 Å². The van der Waals surface area contributed by atoms with E-state index < -0.39 is 14.8 Å². The van der Waals surface area contributed by atoms with Crippen LogP contribution in [0, 0.1) is 30.3 Å². The largest absolute Gasteiger partial charge is 0.284 e. The molecule has 0 atom stereocenters. The van der Waals surface area contributed by atoms with Crippen LogP contribution in [0.15, 0.2) is 44.4 Å². The highest BCUT2D eigenvalue weighted by atomic mass is 32.2. The molecular formula is C18H9N3O6S3. The molecule has 2 heterocycles. The molecule has 2 aliphatic heterocycles. The van der Waals surface area contributed by atoms with Crippen molar-refractivity contribution in [1.82, 2.24) is 0 Å². The van der Waals surface area contributed by atoms with Gasteiger partial charge in [-0.1, -0.05) is 23.5 Å². The topological polar surface area (TPSA) is 129 Å². The normalized spacial score (nSPS) is 16.5. The number of hydrogen-bond acceptors (Lipinski definition) is 9. The molecule has 9 nitrogen and oxygen atoms in total. The number of fused-ring (bicyclic) bond motifs is 3. The standard InChI is InChI=1S/C18H9N3O6S3/c22-19(23)8-1-2-10-11(3-8)17(18-29-14-6-28-7-15(14)30-18)12-4-9(20(24)25)5-13(16(10)12)21(26)27/h1-5H,6-7H2. The molecule has 2 aromatic rings. The van der Waals surface area contributed by atoms with Crippen molar-refractivity contribution in [3.63, 3.8) is 0 Å². The van der Waals surface area contributed by atoms with Crippen molar-refractivity contribution < 1.29 is 14.8 Å². The zero-order chi connectivity index (χ0) is 21.2. The number of benzene rings is 2. The van der Waals surface area contributed by atoms with Gasteiger partial charge in [0.2, 0.25) is 0 Å². The van der Waals surface area contributed by atoms with Crippen molar-refractivity contribution in [1.29, 1.82) is 0 Å². The molecule has 0 bridgehead atoms. The summed E-state index contributed by atoms with van der Waals surface area (Å²) in [5, 5.41) is 34.5. The zero-order valence-corrected chi connectivity index (χ0v) is 17.3. The summed E-state index contributed by atoms with van der Waals surface area (Å²) in [6.07, 6.45) is 0. The van der Waals surface area contributed by atoms with E-state index in [-0.39, 0.29) is 22.6 Å². The smallest absolute Gasteiger partial charge is 0.258 e. The van der Waals surface area contributed by atoms with Crippen LogP contribution in [0.2, 0.25) is 0 Å². The van der Waals surface area contributed by atoms with Gasteiger partial charge in [-0.05, 0) is 17.2 Å². The molecule has 0 aromatic heterocycles. The minimum Gasteiger partial charge on any atom is -0.258 e. The number of nitro benzene ring substituents is 3. The first kappa shape index (κ1) is 19.2. The second kappa shape index (κ2) is 6.86. The van der Waals surface area contributed by atoms with Gasteiger partial charge in [0.1, 0.15) is 0 Å². The number of non-ortho nitro benzene ring substituents is 2. The lowest BCUT2D eigenvalue weighted by atomic mass is 10.0. The average Bonchev–Trinajstić information content (AvgIpc) is 3.37. The second-order valence-corrected chi connectivity index (χ2v) is 10.0. The number of nitro groups is 3. The summed E-state index contributed by atoms with van der Waals surface area (Å²) in [6, 6.07) is 6.45. The van der Waals surface area contributed by atoms with E-state index >= 15 is 0 Å². The highest BCUT2D eigenvalue weighted by molar-refractivity contribution is 8.30. The maximum absolute atomic E-state index is 11.7. The van der Waals surface area contributed by atoms with E-state index in [2.05, 4.69) is 0 Å². The number of rotatable bonds is 3. The Kier molecular flexibility index (Phi) is 4.38. The van der Waals surface area contributed by atoms with Gasteiger partial charge in [0, 0.05) is 50.7 Å². The van der Waals surface area contributed by atoms with Gasteiger partial charge in [-0.2, -0.15) is 11.8 Å². The summed E-state index contributed by atoms with van der Waals surface area (Å²) < 4.78 is 0.843. The van der Waals surface area contributed by atoms with Crippen LogP contribution >= 0.6 is 35.3 Å². The second-order valence-electron chi connectivity index (χ2n) is 6.59.